The Kier molecular flexibility index (Phi) is 2.56. The van der Waals surface area contributed by atoms with Crippen LogP contribution in [0.4, 0.5) is 0 Å². The Labute approximate surface area is 78.8 Å². The zero-order valence-corrected chi connectivity index (χ0v) is 7.61. The van der Waals surface area contributed by atoms with Gasteiger partial charge in [-0.05, 0) is 36.5 Å². The molecule has 0 atom stereocenters. The second-order valence-electron chi connectivity index (χ2n) is 3.30. The highest BCUT2D eigenvalue weighted by molar-refractivity contribution is 5.55. The molecule has 1 heterocycles. The molecule has 0 aliphatic heterocycles. The summed E-state index contributed by atoms with van der Waals surface area (Å²) in [6.45, 7) is 0. The van der Waals surface area contributed by atoms with Gasteiger partial charge in [0, 0.05) is 12.4 Å². The number of pyridine rings is 1. The first-order chi connectivity index (χ1) is 6.45. The molecule has 0 fully saturated rings. The Bertz CT molecular complexity index is 322. The molecule has 1 aromatic heterocycles. The molecule has 0 saturated heterocycles. The van der Waals surface area contributed by atoms with Gasteiger partial charge in [-0.15, -0.1) is 0 Å². The lowest BCUT2D eigenvalue weighted by Crippen LogP contribution is -1.86. The third kappa shape index (κ3) is 2.28. The molecule has 1 aliphatic rings. The summed E-state index contributed by atoms with van der Waals surface area (Å²) >= 11 is 0. The summed E-state index contributed by atoms with van der Waals surface area (Å²) in [6, 6.07) is 4.06. The van der Waals surface area contributed by atoms with E-state index in [9.17, 15) is 0 Å². The van der Waals surface area contributed by atoms with Crippen molar-refractivity contribution in [2.24, 2.45) is 0 Å². The maximum absolute atomic E-state index is 4.08. The molecule has 66 valence electrons. The van der Waals surface area contributed by atoms with E-state index in [0.29, 0.717) is 0 Å². The molecule has 0 amide bonds. The first-order valence-corrected chi connectivity index (χ1v) is 4.72. The van der Waals surface area contributed by atoms with E-state index >= 15 is 0 Å². The van der Waals surface area contributed by atoms with Crippen LogP contribution < -0.4 is 0 Å². The standard InChI is InChI=1S/C12H13N/c1-2-5-11(6-3-1)9-12-7-4-8-13-10-12/h2,4-5,7-10H,1,3,6H2. The highest BCUT2D eigenvalue weighted by Gasteiger charge is 1.98. The second-order valence-corrected chi connectivity index (χ2v) is 3.30. The fraction of sp³-hybridized carbons (Fsp3) is 0.250. The van der Waals surface area contributed by atoms with Crippen LogP contribution >= 0.6 is 0 Å². The van der Waals surface area contributed by atoms with Gasteiger partial charge in [-0.1, -0.05) is 24.3 Å². The van der Waals surface area contributed by atoms with Crippen LogP contribution in [-0.2, 0) is 0 Å². The second kappa shape index (κ2) is 4.04. The van der Waals surface area contributed by atoms with Gasteiger partial charge in [0.1, 0.15) is 0 Å². The molecule has 0 bridgehead atoms. The van der Waals surface area contributed by atoms with Crippen molar-refractivity contribution in [2.75, 3.05) is 0 Å². The molecule has 1 nitrogen and oxygen atoms in total. The predicted molar refractivity (Wildman–Crippen MR) is 55.2 cm³/mol. The molecule has 0 unspecified atom stereocenters. The predicted octanol–water partition coefficient (Wildman–Crippen LogP) is 3.21. The van der Waals surface area contributed by atoms with Gasteiger partial charge in [-0.3, -0.25) is 4.98 Å². The third-order valence-corrected chi connectivity index (χ3v) is 2.20. The Balaban J connectivity index is 2.20. The van der Waals surface area contributed by atoms with Crippen molar-refractivity contribution in [1.29, 1.82) is 0 Å². The molecule has 0 radical (unpaired) electrons. The van der Waals surface area contributed by atoms with Gasteiger partial charge in [0.25, 0.3) is 0 Å². The van der Waals surface area contributed by atoms with E-state index < -0.39 is 0 Å². The van der Waals surface area contributed by atoms with Crippen molar-refractivity contribution in [3.05, 3.63) is 47.8 Å². The van der Waals surface area contributed by atoms with Gasteiger partial charge in [0.05, 0.1) is 0 Å². The summed E-state index contributed by atoms with van der Waals surface area (Å²) in [5.74, 6) is 0. The highest BCUT2D eigenvalue weighted by atomic mass is 14.6. The number of hydrogen-bond acceptors (Lipinski definition) is 1. The topological polar surface area (TPSA) is 12.9 Å². The first kappa shape index (κ1) is 8.24. The Morgan fingerprint density at radius 3 is 3.08 bits per heavy atom. The lowest BCUT2D eigenvalue weighted by molar-refractivity contribution is 0.825. The number of allylic oxidation sites excluding steroid dienone is 3. The Hall–Kier alpha value is -1.37. The Morgan fingerprint density at radius 2 is 2.38 bits per heavy atom. The number of aromatic nitrogens is 1. The van der Waals surface area contributed by atoms with Crippen molar-refractivity contribution in [3.63, 3.8) is 0 Å². The zero-order chi connectivity index (χ0) is 8.93. The Morgan fingerprint density at radius 1 is 1.38 bits per heavy atom. The molecule has 0 aromatic carbocycles. The van der Waals surface area contributed by atoms with Crippen LogP contribution in [0.15, 0.2) is 42.3 Å². The molecule has 0 N–H and O–H groups in total. The quantitative estimate of drug-likeness (QED) is 0.632. The van der Waals surface area contributed by atoms with E-state index in [-0.39, 0.29) is 0 Å². The number of nitrogens with zero attached hydrogens (tertiary/aromatic N) is 1. The molecule has 0 spiro atoms. The van der Waals surface area contributed by atoms with Crippen LogP contribution in [0.3, 0.4) is 0 Å². The van der Waals surface area contributed by atoms with Crippen molar-refractivity contribution in [2.45, 2.75) is 19.3 Å². The summed E-state index contributed by atoms with van der Waals surface area (Å²) in [5, 5.41) is 0. The molecule has 0 saturated carbocycles. The van der Waals surface area contributed by atoms with Crippen molar-refractivity contribution in [1.82, 2.24) is 4.98 Å². The molecule has 2 rings (SSSR count). The molecule has 1 aromatic rings. The molecular weight excluding hydrogens is 158 g/mol. The van der Waals surface area contributed by atoms with Crippen LogP contribution in [0.1, 0.15) is 24.8 Å². The van der Waals surface area contributed by atoms with Gasteiger partial charge in [0.15, 0.2) is 0 Å². The third-order valence-electron chi connectivity index (χ3n) is 2.20. The molecular formula is C12H13N. The summed E-state index contributed by atoms with van der Waals surface area (Å²) in [6.07, 6.45) is 14.1. The zero-order valence-electron chi connectivity index (χ0n) is 7.61. The fourth-order valence-electron chi connectivity index (χ4n) is 1.54. The summed E-state index contributed by atoms with van der Waals surface area (Å²) in [5.41, 5.74) is 2.61. The van der Waals surface area contributed by atoms with Crippen LogP contribution in [0.2, 0.25) is 0 Å². The van der Waals surface area contributed by atoms with Crippen LogP contribution in [0.25, 0.3) is 6.08 Å². The largest absolute Gasteiger partial charge is 0.264 e. The molecule has 13 heavy (non-hydrogen) atoms. The summed E-state index contributed by atoms with van der Waals surface area (Å²) < 4.78 is 0. The minimum absolute atomic E-state index is 1.20. The van der Waals surface area contributed by atoms with Crippen molar-refractivity contribution >= 4 is 6.08 Å². The monoisotopic (exact) mass is 171 g/mol. The van der Waals surface area contributed by atoms with E-state index in [1.165, 1.54) is 30.4 Å². The highest BCUT2D eigenvalue weighted by Crippen LogP contribution is 2.18. The molecule has 1 heteroatoms. The minimum Gasteiger partial charge on any atom is -0.264 e. The normalized spacial score (nSPS) is 19.2. The van der Waals surface area contributed by atoms with E-state index in [4.69, 9.17) is 0 Å². The smallest absolute Gasteiger partial charge is 0.0340 e. The maximum Gasteiger partial charge on any atom is 0.0340 e. The van der Waals surface area contributed by atoms with Crippen LogP contribution in [0.5, 0.6) is 0 Å². The number of rotatable bonds is 1. The van der Waals surface area contributed by atoms with Gasteiger partial charge in [-0.25, -0.2) is 0 Å². The van der Waals surface area contributed by atoms with E-state index in [1.807, 2.05) is 12.3 Å². The van der Waals surface area contributed by atoms with Gasteiger partial charge < -0.3 is 0 Å². The van der Waals surface area contributed by atoms with E-state index in [1.54, 1.807) is 6.20 Å². The van der Waals surface area contributed by atoms with E-state index in [0.717, 1.165) is 0 Å². The lowest BCUT2D eigenvalue weighted by Gasteiger charge is -2.06. The van der Waals surface area contributed by atoms with Gasteiger partial charge in [-0.2, -0.15) is 0 Å². The first-order valence-electron chi connectivity index (χ1n) is 4.72. The summed E-state index contributed by atoms with van der Waals surface area (Å²) in [7, 11) is 0. The average Bonchev–Trinajstić information content (AvgIpc) is 2.21. The molecule has 1 aliphatic carbocycles. The van der Waals surface area contributed by atoms with Gasteiger partial charge in [0.2, 0.25) is 0 Å². The van der Waals surface area contributed by atoms with E-state index in [2.05, 4.69) is 29.3 Å². The van der Waals surface area contributed by atoms with Crippen LogP contribution in [-0.4, -0.2) is 4.98 Å². The minimum atomic E-state index is 1.20. The van der Waals surface area contributed by atoms with Gasteiger partial charge >= 0.3 is 0 Å². The fourth-order valence-corrected chi connectivity index (χ4v) is 1.54. The van der Waals surface area contributed by atoms with Crippen molar-refractivity contribution < 1.29 is 0 Å². The number of hydrogen-bond donors (Lipinski definition) is 0. The average molecular weight is 171 g/mol. The van der Waals surface area contributed by atoms with Crippen LogP contribution in [0, 0.1) is 0 Å². The SMILES string of the molecule is C1=CC(=Cc2cccnc2)CCC1. The van der Waals surface area contributed by atoms with Crippen molar-refractivity contribution in [3.8, 4) is 0 Å². The summed E-state index contributed by atoms with van der Waals surface area (Å²) in [4.78, 5) is 4.08. The maximum atomic E-state index is 4.08. The lowest BCUT2D eigenvalue weighted by atomic mass is 10.0.